The highest BCUT2D eigenvalue weighted by molar-refractivity contribution is 5.85. The van der Waals surface area contributed by atoms with Crippen molar-refractivity contribution in [2.45, 2.75) is 19.2 Å². The van der Waals surface area contributed by atoms with E-state index in [4.69, 9.17) is 4.74 Å². The van der Waals surface area contributed by atoms with Crippen molar-refractivity contribution in [2.75, 3.05) is 26.7 Å². The van der Waals surface area contributed by atoms with Crippen molar-refractivity contribution >= 4 is 12.4 Å². The van der Waals surface area contributed by atoms with E-state index >= 15 is 0 Å². The van der Waals surface area contributed by atoms with Crippen LogP contribution in [0.25, 0.3) is 0 Å². The molecule has 3 rings (SSSR count). The lowest BCUT2D eigenvalue weighted by Crippen LogP contribution is -2.46. The van der Waals surface area contributed by atoms with E-state index in [1.54, 1.807) is 18.3 Å². The molecule has 6 nitrogen and oxygen atoms in total. The van der Waals surface area contributed by atoms with Crippen LogP contribution in [0.5, 0.6) is 11.5 Å². The summed E-state index contributed by atoms with van der Waals surface area (Å²) in [5, 5.41) is 3.38. The molecule has 1 fully saturated rings. The number of benzene rings is 1. The molecule has 1 aromatic carbocycles. The molecule has 1 aliphatic heterocycles. The van der Waals surface area contributed by atoms with Crippen LogP contribution in [0.3, 0.4) is 0 Å². The third-order valence-corrected chi connectivity index (χ3v) is 4.34. The number of aryl methyl sites for hydroxylation is 1. The molecule has 0 saturated carbocycles. The van der Waals surface area contributed by atoms with Crippen LogP contribution in [0.15, 0.2) is 30.6 Å². The van der Waals surface area contributed by atoms with Gasteiger partial charge in [0.2, 0.25) is 0 Å². The fourth-order valence-electron chi connectivity index (χ4n) is 3.13. The molecule has 1 N–H and O–H groups in total. The quantitative estimate of drug-likeness (QED) is 0.824. The maximum Gasteiger partial charge on any atom is 0.387 e. The average Bonchev–Trinajstić information content (AvgIpc) is 3.01. The fraction of sp³-hybridized carbons (Fsp3) is 0.471. The maximum absolute atomic E-state index is 12.6. The van der Waals surface area contributed by atoms with E-state index in [-0.39, 0.29) is 24.2 Å². The van der Waals surface area contributed by atoms with Gasteiger partial charge in [-0.2, -0.15) is 8.78 Å². The predicted octanol–water partition coefficient (Wildman–Crippen LogP) is 2.60. The largest absolute Gasteiger partial charge is 0.493 e. The highest BCUT2D eigenvalue weighted by atomic mass is 35.5. The van der Waals surface area contributed by atoms with Gasteiger partial charge in [-0.25, -0.2) is 4.98 Å². The topological polar surface area (TPSA) is 51.5 Å². The van der Waals surface area contributed by atoms with Gasteiger partial charge in [0.15, 0.2) is 11.5 Å². The third-order valence-electron chi connectivity index (χ3n) is 4.34. The molecule has 0 spiro atoms. The Morgan fingerprint density at radius 3 is 2.81 bits per heavy atom. The minimum absolute atomic E-state index is 0. The molecule has 1 saturated heterocycles. The number of rotatable bonds is 6. The van der Waals surface area contributed by atoms with Crippen LogP contribution < -0.4 is 14.8 Å². The summed E-state index contributed by atoms with van der Waals surface area (Å²) in [6.07, 6.45) is 3.70. The summed E-state index contributed by atoms with van der Waals surface area (Å²) in [4.78, 5) is 6.74. The predicted molar refractivity (Wildman–Crippen MR) is 96.1 cm³/mol. The Morgan fingerprint density at radius 2 is 2.15 bits per heavy atom. The van der Waals surface area contributed by atoms with Gasteiger partial charge in [-0.05, 0) is 17.7 Å². The fourth-order valence-corrected chi connectivity index (χ4v) is 3.13. The van der Waals surface area contributed by atoms with Gasteiger partial charge in [0.1, 0.15) is 5.82 Å². The second-order valence-corrected chi connectivity index (χ2v) is 5.95. The number of imidazole rings is 1. The number of nitrogens with one attached hydrogen (secondary N) is 1. The average molecular weight is 389 g/mol. The van der Waals surface area contributed by atoms with Crippen LogP contribution in [-0.4, -0.2) is 47.8 Å². The first-order chi connectivity index (χ1) is 12.1. The van der Waals surface area contributed by atoms with Crippen molar-refractivity contribution in [2.24, 2.45) is 7.05 Å². The third kappa shape index (κ3) is 4.63. The molecule has 2 heterocycles. The summed E-state index contributed by atoms with van der Waals surface area (Å²) in [5.74, 6) is 1.33. The molecule has 26 heavy (non-hydrogen) atoms. The standard InChI is InChI=1S/C17H22F2N4O2.ClH/c1-22-7-6-21-16(22)13-10-20-5-8-23(13)11-12-3-4-14(24-2)15(9-12)25-17(18)19;/h3-4,6-7,9,13,17,20H,5,8,10-11H2,1-2H3;1H. The first-order valence-electron chi connectivity index (χ1n) is 8.12. The number of hydrogen-bond acceptors (Lipinski definition) is 5. The zero-order valence-corrected chi connectivity index (χ0v) is 15.5. The molecule has 0 amide bonds. The van der Waals surface area contributed by atoms with Gasteiger partial charge in [0.05, 0.1) is 13.2 Å². The Labute approximate surface area is 157 Å². The molecule has 1 aliphatic rings. The van der Waals surface area contributed by atoms with E-state index in [9.17, 15) is 8.78 Å². The van der Waals surface area contributed by atoms with Gasteiger partial charge in [-0.15, -0.1) is 12.4 Å². The maximum atomic E-state index is 12.6. The highest BCUT2D eigenvalue weighted by Gasteiger charge is 2.27. The number of halogens is 3. The van der Waals surface area contributed by atoms with E-state index in [0.717, 1.165) is 31.0 Å². The summed E-state index contributed by atoms with van der Waals surface area (Å²) in [6.45, 7) is 0.236. The van der Waals surface area contributed by atoms with Crippen molar-refractivity contribution in [1.29, 1.82) is 0 Å². The Bertz CT molecular complexity index is 714. The normalized spacial score (nSPS) is 17.8. The monoisotopic (exact) mass is 388 g/mol. The summed E-state index contributed by atoms with van der Waals surface area (Å²) < 4.78 is 36.9. The van der Waals surface area contributed by atoms with E-state index in [1.165, 1.54) is 7.11 Å². The van der Waals surface area contributed by atoms with Crippen LogP contribution in [0.2, 0.25) is 0 Å². The Morgan fingerprint density at radius 1 is 1.35 bits per heavy atom. The molecule has 1 aromatic heterocycles. The van der Waals surface area contributed by atoms with Crippen LogP contribution in [0.4, 0.5) is 8.78 Å². The lowest BCUT2D eigenvalue weighted by Gasteiger charge is -2.35. The molecule has 2 aromatic rings. The highest BCUT2D eigenvalue weighted by Crippen LogP contribution is 2.31. The molecule has 0 radical (unpaired) electrons. The number of piperazine rings is 1. The number of alkyl halides is 2. The zero-order chi connectivity index (χ0) is 17.8. The summed E-state index contributed by atoms with van der Waals surface area (Å²) in [7, 11) is 3.40. The lowest BCUT2D eigenvalue weighted by molar-refractivity contribution is -0.0512. The summed E-state index contributed by atoms with van der Waals surface area (Å²) in [5.41, 5.74) is 0.887. The first-order valence-corrected chi connectivity index (χ1v) is 8.12. The Balaban J connectivity index is 0.00000243. The van der Waals surface area contributed by atoms with Gasteiger partial charge < -0.3 is 19.4 Å². The van der Waals surface area contributed by atoms with Crippen LogP contribution >= 0.6 is 12.4 Å². The van der Waals surface area contributed by atoms with Crippen molar-refractivity contribution in [1.82, 2.24) is 19.8 Å². The van der Waals surface area contributed by atoms with Crippen LogP contribution in [0.1, 0.15) is 17.4 Å². The van der Waals surface area contributed by atoms with Crippen molar-refractivity contribution < 1.29 is 18.3 Å². The minimum Gasteiger partial charge on any atom is -0.493 e. The van der Waals surface area contributed by atoms with Gasteiger partial charge in [-0.1, -0.05) is 6.07 Å². The number of nitrogens with zero attached hydrogens (tertiary/aromatic N) is 3. The number of hydrogen-bond donors (Lipinski definition) is 1. The SMILES string of the molecule is COc1ccc(CN2CCNCC2c2nccn2C)cc1OC(F)F.Cl. The van der Waals surface area contributed by atoms with Gasteiger partial charge in [0, 0.05) is 45.6 Å². The molecule has 0 bridgehead atoms. The molecular formula is C17H23ClF2N4O2. The van der Waals surface area contributed by atoms with Crippen LogP contribution in [-0.2, 0) is 13.6 Å². The van der Waals surface area contributed by atoms with E-state index < -0.39 is 6.61 Å². The second kappa shape index (κ2) is 9.16. The molecule has 1 unspecified atom stereocenters. The smallest absolute Gasteiger partial charge is 0.387 e. The van der Waals surface area contributed by atoms with E-state index in [1.807, 2.05) is 23.9 Å². The zero-order valence-electron chi connectivity index (χ0n) is 14.7. The molecule has 144 valence electrons. The van der Waals surface area contributed by atoms with Crippen molar-refractivity contribution in [3.8, 4) is 11.5 Å². The first kappa shape index (κ1) is 20.4. The Kier molecular flexibility index (Phi) is 7.19. The van der Waals surface area contributed by atoms with Gasteiger partial charge in [0.25, 0.3) is 0 Å². The molecule has 0 aliphatic carbocycles. The van der Waals surface area contributed by atoms with Crippen molar-refractivity contribution in [3.05, 3.63) is 42.0 Å². The van der Waals surface area contributed by atoms with Crippen LogP contribution in [0, 0.1) is 0 Å². The lowest BCUT2D eigenvalue weighted by atomic mass is 10.1. The molecule has 1 atom stereocenters. The van der Waals surface area contributed by atoms with E-state index in [0.29, 0.717) is 12.3 Å². The molecular weight excluding hydrogens is 366 g/mol. The summed E-state index contributed by atoms with van der Waals surface area (Å²) in [6, 6.07) is 5.26. The van der Waals surface area contributed by atoms with Crippen molar-refractivity contribution in [3.63, 3.8) is 0 Å². The number of aromatic nitrogens is 2. The Hall–Kier alpha value is -1.90. The number of methoxy groups -OCH3 is 1. The summed E-state index contributed by atoms with van der Waals surface area (Å²) >= 11 is 0. The second-order valence-electron chi connectivity index (χ2n) is 5.95. The minimum atomic E-state index is -2.89. The van der Waals surface area contributed by atoms with Gasteiger partial charge in [-0.3, -0.25) is 4.90 Å². The number of ether oxygens (including phenoxy) is 2. The van der Waals surface area contributed by atoms with Gasteiger partial charge >= 0.3 is 6.61 Å². The molecule has 9 heteroatoms. The van der Waals surface area contributed by atoms with E-state index in [2.05, 4.69) is 19.9 Å².